The number of rotatable bonds is 11. The summed E-state index contributed by atoms with van der Waals surface area (Å²) >= 11 is 0. The highest BCUT2D eigenvalue weighted by molar-refractivity contribution is 5.94. The standard InChI is InChI=1S/C35H37NO5/c1-26(37)32-34(41-25-29-18-10-4-11-19-29)33(40-24-28-16-8-3-9-17-28)31(39-23-27-14-6-2-7-15-27)22-36(32)35(38)30-20-12-5-13-21-30/h2-21,26,31-34,37H,22-25H2,1H3. The van der Waals surface area contributed by atoms with Gasteiger partial charge in [0.2, 0.25) is 0 Å². The second kappa shape index (κ2) is 14.2. The summed E-state index contributed by atoms with van der Waals surface area (Å²) < 4.78 is 19.7. The second-order valence-electron chi connectivity index (χ2n) is 10.4. The van der Waals surface area contributed by atoms with Crippen LogP contribution in [0.4, 0.5) is 0 Å². The molecule has 1 aliphatic rings. The fourth-order valence-electron chi connectivity index (χ4n) is 5.36. The van der Waals surface area contributed by atoms with Crippen LogP contribution in [0.3, 0.4) is 0 Å². The molecule has 5 rings (SSSR count). The van der Waals surface area contributed by atoms with Crippen LogP contribution < -0.4 is 0 Å². The van der Waals surface area contributed by atoms with Crippen molar-refractivity contribution in [3.05, 3.63) is 144 Å². The fourth-order valence-corrected chi connectivity index (χ4v) is 5.36. The van der Waals surface area contributed by atoms with Gasteiger partial charge in [0.1, 0.15) is 18.3 Å². The van der Waals surface area contributed by atoms with Gasteiger partial charge >= 0.3 is 0 Å². The van der Waals surface area contributed by atoms with Crippen molar-refractivity contribution in [3.8, 4) is 0 Å². The maximum Gasteiger partial charge on any atom is 0.254 e. The number of benzene rings is 4. The Labute approximate surface area is 242 Å². The molecule has 6 nitrogen and oxygen atoms in total. The van der Waals surface area contributed by atoms with E-state index >= 15 is 0 Å². The molecule has 4 aromatic rings. The number of likely N-dealkylation sites (tertiary alicyclic amines) is 1. The van der Waals surface area contributed by atoms with E-state index in [2.05, 4.69) is 0 Å². The average Bonchev–Trinajstić information content (AvgIpc) is 3.03. The first-order valence-corrected chi connectivity index (χ1v) is 14.1. The van der Waals surface area contributed by atoms with E-state index in [9.17, 15) is 9.90 Å². The Kier molecular flexibility index (Phi) is 9.94. The molecule has 0 aromatic heterocycles. The van der Waals surface area contributed by atoms with Crippen LogP contribution in [0.25, 0.3) is 0 Å². The zero-order valence-electron chi connectivity index (χ0n) is 23.3. The molecule has 5 unspecified atom stereocenters. The van der Waals surface area contributed by atoms with E-state index in [4.69, 9.17) is 14.2 Å². The van der Waals surface area contributed by atoms with E-state index in [1.165, 1.54) is 0 Å². The van der Waals surface area contributed by atoms with Crippen molar-refractivity contribution in [2.24, 2.45) is 0 Å². The molecule has 0 spiro atoms. The number of amides is 1. The van der Waals surface area contributed by atoms with Crippen LogP contribution in [0.5, 0.6) is 0 Å². The Balaban J connectivity index is 1.49. The molecule has 5 atom stereocenters. The third-order valence-corrected chi connectivity index (χ3v) is 7.42. The summed E-state index contributed by atoms with van der Waals surface area (Å²) in [7, 11) is 0. The summed E-state index contributed by atoms with van der Waals surface area (Å²) in [5.74, 6) is -0.181. The molecule has 0 radical (unpaired) electrons. The lowest BCUT2D eigenvalue weighted by Crippen LogP contribution is -2.67. The van der Waals surface area contributed by atoms with E-state index < -0.39 is 30.5 Å². The number of piperidine rings is 1. The first-order valence-electron chi connectivity index (χ1n) is 14.1. The van der Waals surface area contributed by atoms with Crippen LogP contribution in [0.1, 0.15) is 34.0 Å². The lowest BCUT2D eigenvalue weighted by atomic mass is 9.89. The van der Waals surface area contributed by atoms with Gasteiger partial charge < -0.3 is 24.2 Å². The largest absolute Gasteiger partial charge is 0.391 e. The molecule has 6 heteroatoms. The second-order valence-corrected chi connectivity index (χ2v) is 10.4. The zero-order chi connectivity index (χ0) is 28.4. The monoisotopic (exact) mass is 551 g/mol. The Morgan fingerprint density at radius 1 is 0.683 bits per heavy atom. The third kappa shape index (κ3) is 7.48. The van der Waals surface area contributed by atoms with Gasteiger partial charge in [-0.15, -0.1) is 0 Å². The van der Waals surface area contributed by atoms with E-state index in [-0.39, 0.29) is 12.5 Å². The number of hydrogen-bond acceptors (Lipinski definition) is 5. The minimum atomic E-state index is -0.874. The lowest BCUT2D eigenvalue weighted by Gasteiger charge is -2.49. The first-order chi connectivity index (χ1) is 20.1. The number of hydrogen-bond donors (Lipinski definition) is 1. The topological polar surface area (TPSA) is 68.2 Å². The fraction of sp³-hybridized carbons (Fsp3) is 0.286. The van der Waals surface area contributed by atoms with Crippen molar-refractivity contribution < 1.29 is 24.1 Å². The van der Waals surface area contributed by atoms with Crippen molar-refractivity contribution in [3.63, 3.8) is 0 Å². The molecule has 1 amide bonds. The highest BCUT2D eigenvalue weighted by Gasteiger charge is 2.49. The van der Waals surface area contributed by atoms with E-state index in [1.807, 2.05) is 109 Å². The zero-order valence-corrected chi connectivity index (χ0v) is 23.3. The smallest absolute Gasteiger partial charge is 0.254 e. The van der Waals surface area contributed by atoms with Crippen LogP contribution in [0, 0.1) is 0 Å². The van der Waals surface area contributed by atoms with Crippen LogP contribution in [0.2, 0.25) is 0 Å². The van der Waals surface area contributed by atoms with Crippen LogP contribution >= 0.6 is 0 Å². The molecule has 1 heterocycles. The molecular weight excluding hydrogens is 514 g/mol. The third-order valence-electron chi connectivity index (χ3n) is 7.42. The van der Waals surface area contributed by atoms with Gasteiger partial charge in [-0.25, -0.2) is 0 Å². The van der Waals surface area contributed by atoms with Crippen LogP contribution in [0.15, 0.2) is 121 Å². The number of carbonyl (C=O) groups is 1. The Hall–Kier alpha value is -3.81. The minimum absolute atomic E-state index is 0.181. The highest BCUT2D eigenvalue weighted by atomic mass is 16.6. The molecular formula is C35H37NO5. The Morgan fingerprint density at radius 2 is 1.10 bits per heavy atom. The van der Waals surface area contributed by atoms with Gasteiger partial charge in [-0.3, -0.25) is 4.79 Å². The maximum atomic E-state index is 13.9. The Bertz CT molecular complexity index is 1330. The number of aliphatic hydroxyl groups excluding tert-OH is 1. The van der Waals surface area contributed by atoms with Gasteiger partial charge in [-0.2, -0.15) is 0 Å². The van der Waals surface area contributed by atoms with Crippen molar-refractivity contribution in [2.45, 2.75) is 57.2 Å². The molecule has 1 aliphatic heterocycles. The summed E-state index contributed by atoms with van der Waals surface area (Å²) in [6, 6.07) is 38.3. The van der Waals surface area contributed by atoms with Gasteiger partial charge in [0.05, 0.1) is 38.5 Å². The summed E-state index contributed by atoms with van der Waals surface area (Å²) in [6.07, 6.45) is -2.56. The first kappa shape index (κ1) is 28.7. The van der Waals surface area contributed by atoms with Crippen molar-refractivity contribution in [2.75, 3.05) is 6.54 Å². The number of nitrogens with zero attached hydrogens (tertiary/aromatic N) is 1. The number of aliphatic hydroxyl groups is 1. The lowest BCUT2D eigenvalue weighted by molar-refractivity contribution is -0.207. The van der Waals surface area contributed by atoms with Crippen molar-refractivity contribution in [1.82, 2.24) is 4.90 Å². The molecule has 0 aliphatic carbocycles. The van der Waals surface area contributed by atoms with E-state index in [0.717, 1.165) is 16.7 Å². The maximum absolute atomic E-state index is 13.9. The quantitative estimate of drug-likeness (QED) is 0.261. The molecule has 41 heavy (non-hydrogen) atoms. The van der Waals surface area contributed by atoms with Gasteiger partial charge in [0, 0.05) is 5.56 Å². The predicted octanol–water partition coefficient (Wildman–Crippen LogP) is 5.65. The Morgan fingerprint density at radius 3 is 1.56 bits per heavy atom. The van der Waals surface area contributed by atoms with Crippen LogP contribution in [-0.2, 0) is 34.0 Å². The van der Waals surface area contributed by atoms with Gasteiger partial charge in [-0.1, -0.05) is 109 Å². The minimum Gasteiger partial charge on any atom is -0.391 e. The van der Waals surface area contributed by atoms with E-state index in [0.29, 0.717) is 25.4 Å². The molecule has 0 saturated carbocycles. The van der Waals surface area contributed by atoms with Gasteiger partial charge in [0.25, 0.3) is 5.91 Å². The average molecular weight is 552 g/mol. The summed E-state index contributed by atoms with van der Waals surface area (Å²) in [4.78, 5) is 15.6. The van der Waals surface area contributed by atoms with Gasteiger partial charge in [0.15, 0.2) is 0 Å². The van der Waals surface area contributed by atoms with Gasteiger partial charge in [-0.05, 0) is 35.7 Å². The van der Waals surface area contributed by atoms with E-state index in [1.54, 1.807) is 24.0 Å². The SMILES string of the molecule is CC(O)C1C(OCc2ccccc2)C(OCc2ccccc2)C(OCc2ccccc2)CN1C(=O)c1ccccc1. The highest BCUT2D eigenvalue weighted by Crippen LogP contribution is 2.31. The molecule has 1 saturated heterocycles. The molecule has 212 valence electrons. The summed E-state index contributed by atoms with van der Waals surface area (Å²) in [5.41, 5.74) is 3.58. The summed E-state index contributed by atoms with van der Waals surface area (Å²) in [6.45, 7) is 2.96. The number of ether oxygens (including phenoxy) is 3. The van der Waals surface area contributed by atoms with Crippen molar-refractivity contribution in [1.29, 1.82) is 0 Å². The van der Waals surface area contributed by atoms with Crippen LogP contribution in [-0.4, -0.2) is 52.9 Å². The van der Waals surface area contributed by atoms with Crippen molar-refractivity contribution >= 4 is 5.91 Å². The molecule has 4 aromatic carbocycles. The predicted molar refractivity (Wildman–Crippen MR) is 158 cm³/mol. The molecule has 0 bridgehead atoms. The normalized spacial score (nSPS) is 21.4. The molecule has 1 N–H and O–H groups in total. The number of carbonyl (C=O) groups excluding carboxylic acids is 1. The molecule has 1 fully saturated rings. The summed E-state index contributed by atoms with van der Waals surface area (Å²) in [5, 5.41) is 11.1.